The second-order valence-electron chi connectivity index (χ2n) is 3.59. The average Bonchev–Trinajstić information content (AvgIpc) is 1.83. The Labute approximate surface area is 72.2 Å². The van der Waals surface area contributed by atoms with E-state index >= 15 is 0 Å². The number of hydrogen-bond acceptors (Lipinski definition) is 2. The largest absolute Gasteiger partial charge is 0.470 e. The van der Waals surface area contributed by atoms with Gasteiger partial charge in [0, 0.05) is 0 Å². The van der Waals surface area contributed by atoms with Crippen LogP contribution in [0.3, 0.4) is 0 Å². The van der Waals surface area contributed by atoms with Crippen LogP contribution in [0.4, 0.5) is 0 Å². The lowest BCUT2D eigenvalue weighted by molar-refractivity contribution is 0.0186. The summed E-state index contributed by atoms with van der Waals surface area (Å²) in [5, 5.41) is 0. The van der Waals surface area contributed by atoms with Crippen LogP contribution in [0.15, 0.2) is 0 Å². The molecule has 0 spiro atoms. The number of hydrogen-bond donors (Lipinski definition) is 2. The van der Waals surface area contributed by atoms with Gasteiger partial charge in [-0.15, -0.1) is 0 Å². The molecule has 0 aromatic rings. The van der Waals surface area contributed by atoms with E-state index in [2.05, 4.69) is 0 Å². The van der Waals surface area contributed by atoms with E-state index in [-0.39, 0.29) is 0 Å². The molecule has 1 aliphatic carbocycles. The van der Waals surface area contributed by atoms with E-state index in [1.807, 2.05) is 0 Å². The molecule has 0 atom stereocenters. The van der Waals surface area contributed by atoms with Crippen LogP contribution in [0, 0.1) is 0 Å². The van der Waals surface area contributed by atoms with Crippen LogP contribution in [-0.4, -0.2) is 15.4 Å². The molecule has 1 saturated carbocycles. The van der Waals surface area contributed by atoms with E-state index < -0.39 is 13.4 Å². The Bertz CT molecular complexity index is 192. The Balaban J connectivity index is 2.53. The zero-order chi connectivity index (χ0) is 9.24. The second-order valence-corrected chi connectivity index (χ2v) is 4.76. The topological polar surface area (TPSA) is 66.8 Å². The molecule has 72 valence electrons. The van der Waals surface area contributed by atoms with Crippen LogP contribution in [-0.2, 0) is 9.09 Å². The molecular weight excluding hydrogens is 179 g/mol. The molecule has 2 N–H and O–H groups in total. The lowest BCUT2D eigenvalue weighted by Crippen LogP contribution is -2.29. The van der Waals surface area contributed by atoms with E-state index in [1.165, 1.54) is 0 Å². The van der Waals surface area contributed by atoms with Gasteiger partial charge in [0.25, 0.3) is 0 Å². The molecule has 0 aromatic carbocycles. The first kappa shape index (κ1) is 10.2. The van der Waals surface area contributed by atoms with Crippen LogP contribution in [0.25, 0.3) is 0 Å². The summed E-state index contributed by atoms with van der Waals surface area (Å²) < 4.78 is 15.3. The first-order valence-corrected chi connectivity index (χ1v) is 5.71. The van der Waals surface area contributed by atoms with Crippen molar-refractivity contribution in [1.29, 1.82) is 0 Å². The Morgan fingerprint density at radius 2 is 1.75 bits per heavy atom. The molecule has 0 aliphatic heterocycles. The van der Waals surface area contributed by atoms with Gasteiger partial charge in [-0.1, -0.05) is 19.3 Å². The van der Waals surface area contributed by atoms with E-state index in [9.17, 15) is 4.57 Å². The number of phosphoric acid groups is 1. The van der Waals surface area contributed by atoms with Crippen molar-refractivity contribution in [1.82, 2.24) is 0 Å². The molecule has 0 heterocycles. The molecule has 0 unspecified atom stereocenters. The summed E-state index contributed by atoms with van der Waals surface area (Å²) in [6.07, 6.45) is 4.63. The molecule has 1 aliphatic rings. The Kier molecular flexibility index (Phi) is 2.94. The molecule has 0 amide bonds. The van der Waals surface area contributed by atoms with Gasteiger partial charge in [-0.3, -0.25) is 4.52 Å². The maximum absolute atomic E-state index is 10.6. The van der Waals surface area contributed by atoms with Crippen molar-refractivity contribution in [2.75, 3.05) is 0 Å². The number of rotatable bonds is 2. The lowest BCUT2D eigenvalue weighted by Gasteiger charge is -2.33. The lowest BCUT2D eigenvalue weighted by atomic mass is 9.87. The molecule has 12 heavy (non-hydrogen) atoms. The zero-order valence-corrected chi connectivity index (χ0v) is 8.09. The quantitative estimate of drug-likeness (QED) is 0.658. The summed E-state index contributed by atoms with van der Waals surface area (Å²) >= 11 is 0. The van der Waals surface area contributed by atoms with E-state index in [4.69, 9.17) is 14.3 Å². The monoisotopic (exact) mass is 194 g/mol. The Hall–Kier alpha value is 0.110. The van der Waals surface area contributed by atoms with E-state index in [0.29, 0.717) is 0 Å². The van der Waals surface area contributed by atoms with Crippen LogP contribution >= 0.6 is 7.82 Å². The highest BCUT2D eigenvalue weighted by Gasteiger charge is 2.34. The van der Waals surface area contributed by atoms with Gasteiger partial charge in [0.15, 0.2) is 0 Å². The van der Waals surface area contributed by atoms with Gasteiger partial charge in [-0.2, -0.15) is 0 Å². The first-order valence-electron chi connectivity index (χ1n) is 4.18. The summed E-state index contributed by atoms with van der Waals surface area (Å²) in [6.45, 7) is 1.77. The fraction of sp³-hybridized carbons (Fsp3) is 1.00. The molecule has 5 heteroatoms. The predicted octanol–water partition coefficient (Wildman–Crippen LogP) is 1.82. The average molecular weight is 194 g/mol. The van der Waals surface area contributed by atoms with Crippen molar-refractivity contribution < 1.29 is 18.9 Å². The highest BCUT2D eigenvalue weighted by molar-refractivity contribution is 7.46. The maximum atomic E-state index is 10.6. The zero-order valence-electron chi connectivity index (χ0n) is 7.19. The summed E-state index contributed by atoms with van der Waals surface area (Å²) in [5.74, 6) is 0. The second kappa shape index (κ2) is 3.46. The summed E-state index contributed by atoms with van der Waals surface area (Å²) in [7, 11) is -4.30. The molecule has 1 rings (SSSR count). The Morgan fingerprint density at radius 3 is 2.17 bits per heavy atom. The standard InChI is InChI=1S/C7H15O4P/c1-7(11-12(8,9)10)5-3-2-4-6-7/h2-6H2,1H3,(H2,8,9,10). The molecular formula is C7H15O4P. The third-order valence-electron chi connectivity index (χ3n) is 2.25. The molecule has 0 saturated heterocycles. The van der Waals surface area contributed by atoms with Crippen molar-refractivity contribution in [3.8, 4) is 0 Å². The number of phosphoric ester groups is 1. The minimum Gasteiger partial charge on any atom is -0.303 e. The molecule has 0 radical (unpaired) electrons. The van der Waals surface area contributed by atoms with Crippen molar-refractivity contribution >= 4 is 7.82 Å². The van der Waals surface area contributed by atoms with Crippen LogP contribution in [0.2, 0.25) is 0 Å². The van der Waals surface area contributed by atoms with Crippen LogP contribution in [0.1, 0.15) is 39.0 Å². The first-order chi connectivity index (χ1) is 5.41. The van der Waals surface area contributed by atoms with Crippen molar-refractivity contribution in [2.24, 2.45) is 0 Å². The third kappa shape index (κ3) is 3.23. The SMILES string of the molecule is CC1(OP(=O)(O)O)CCCCC1. The summed E-state index contributed by atoms with van der Waals surface area (Å²) in [4.78, 5) is 17.2. The van der Waals surface area contributed by atoms with Crippen LogP contribution < -0.4 is 0 Å². The minimum atomic E-state index is -4.30. The van der Waals surface area contributed by atoms with Gasteiger partial charge in [-0.25, -0.2) is 4.57 Å². The Morgan fingerprint density at radius 1 is 1.25 bits per heavy atom. The fourth-order valence-electron chi connectivity index (χ4n) is 1.68. The fourth-order valence-corrected chi connectivity index (χ4v) is 2.43. The highest BCUT2D eigenvalue weighted by Crippen LogP contribution is 2.46. The van der Waals surface area contributed by atoms with Gasteiger partial charge in [0.05, 0.1) is 5.60 Å². The normalized spacial score (nSPS) is 23.9. The summed E-state index contributed by atoms with van der Waals surface area (Å²) in [5.41, 5.74) is -0.600. The van der Waals surface area contributed by atoms with Gasteiger partial charge < -0.3 is 9.79 Å². The smallest absolute Gasteiger partial charge is 0.303 e. The third-order valence-corrected chi connectivity index (χ3v) is 2.93. The van der Waals surface area contributed by atoms with Gasteiger partial charge in [0.2, 0.25) is 0 Å². The van der Waals surface area contributed by atoms with Crippen molar-refractivity contribution in [3.63, 3.8) is 0 Å². The molecule has 0 bridgehead atoms. The van der Waals surface area contributed by atoms with Crippen LogP contribution in [0.5, 0.6) is 0 Å². The van der Waals surface area contributed by atoms with E-state index in [0.717, 1.165) is 32.1 Å². The van der Waals surface area contributed by atoms with Gasteiger partial charge in [-0.05, 0) is 19.8 Å². The molecule has 0 aromatic heterocycles. The molecule has 1 fully saturated rings. The summed E-state index contributed by atoms with van der Waals surface area (Å²) in [6, 6.07) is 0. The maximum Gasteiger partial charge on any atom is 0.470 e. The predicted molar refractivity (Wildman–Crippen MR) is 44.6 cm³/mol. The van der Waals surface area contributed by atoms with Crippen molar-refractivity contribution in [2.45, 2.75) is 44.6 Å². The minimum absolute atomic E-state index is 0.600. The van der Waals surface area contributed by atoms with Gasteiger partial charge >= 0.3 is 7.82 Å². The molecule has 4 nitrogen and oxygen atoms in total. The van der Waals surface area contributed by atoms with E-state index in [1.54, 1.807) is 6.92 Å². The van der Waals surface area contributed by atoms with Gasteiger partial charge in [0.1, 0.15) is 0 Å². The highest BCUT2D eigenvalue weighted by atomic mass is 31.2. The van der Waals surface area contributed by atoms with Crippen molar-refractivity contribution in [3.05, 3.63) is 0 Å².